The van der Waals surface area contributed by atoms with E-state index in [9.17, 15) is 8.42 Å². The van der Waals surface area contributed by atoms with E-state index in [1.165, 1.54) is 12.1 Å². The lowest BCUT2D eigenvalue weighted by Gasteiger charge is -2.12. The van der Waals surface area contributed by atoms with Gasteiger partial charge < -0.3 is 15.4 Å². The molecule has 0 aliphatic rings. The highest BCUT2D eigenvalue weighted by Crippen LogP contribution is 2.14. The maximum atomic E-state index is 12.2. The van der Waals surface area contributed by atoms with Gasteiger partial charge in [0.05, 0.1) is 4.90 Å². The molecule has 10 heteroatoms. The molecular formula is C17H30ClIN4O3S. The van der Waals surface area contributed by atoms with Gasteiger partial charge in [0.15, 0.2) is 5.96 Å². The highest BCUT2D eigenvalue weighted by molar-refractivity contribution is 14.0. The number of hydrogen-bond donors (Lipinski definition) is 3. The number of nitrogens with one attached hydrogen (secondary N) is 3. The van der Waals surface area contributed by atoms with Gasteiger partial charge in [-0.05, 0) is 31.0 Å². The van der Waals surface area contributed by atoms with Crippen molar-refractivity contribution in [2.75, 3.05) is 39.9 Å². The molecular weight excluding hydrogens is 503 g/mol. The highest BCUT2D eigenvalue weighted by atomic mass is 127. The Morgan fingerprint density at radius 3 is 2.52 bits per heavy atom. The molecule has 0 unspecified atom stereocenters. The first kappa shape index (κ1) is 26.4. The molecule has 0 spiro atoms. The van der Waals surface area contributed by atoms with Crippen LogP contribution in [-0.4, -0.2) is 54.3 Å². The smallest absolute Gasteiger partial charge is 0.240 e. The average Bonchev–Trinajstić information content (AvgIpc) is 2.62. The van der Waals surface area contributed by atoms with Gasteiger partial charge in [0, 0.05) is 44.9 Å². The first-order valence-corrected chi connectivity index (χ1v) is 10.6. The molecule has 0 radical (unpaired) electrons. The number of unbranched alkanes of at least 4 members (excludes halogenated alkanes) is 1. The summed E-state index contributed by atoms with van der Waals surface area (Å²) in [6.45, 7) is 5.03. The lowest BCUT2D eigenvalue weighted by Crippen LogP contribution is -2.42. The Balaban J connectivity index is 0.00000676. The monoisotopic (exact) mass is 532 g/mol. The third-order valence-corrected chi connectivity index (χ3v) is 5.13. The van der Waals surface area contributed by atoms with E-state index < -0.39 is 10.0 Å². The van der Waals surface area contributed by atoms with Crippen molar-refractivity contribution in [3.05, 3.63) is 29.3 Å². The van der Waals surface area contributed by atoms with Gasteiger partial charge in [0.1, 0.15) is 0 Å². The van der Waals surface area contributed by atoms with Crippen LogP contribution in [0.4, 0.5) is 0 Å². The second kappa shape index (κ2) is 15.3. The van der Waals surface area contributed by atoms with Crippen LogP contribution in [0, 0.1) is 0 Å². The van der Waals surface area contributed by atoms with Crippen molar-refractivity contribution in [2.24, 2.45) is 4.99 Å². The van der Waals surface area contributed by atoms with Crippen molar-refractivity contribution in [3.8, 4) is 0 Å². The van der Waals surface area contributed by atoms with Crippen LogP contribution in [0.25, 0.3) is 0 Å². The van der Waals surface area contributed by atoms with Gasteiger partial charge in [-0.2, -0.15) is 0 Å². The van der Waals surface area contributed by atoms with Crippen molar-refractivity contribution in [1.29, 1.82) is 0 Å². The molecule has 0 saturated heterocycles. The van der Waals surface area contributed by atoms with Crippen molar-refractivity contribution in [2.45, 2.75) is 31.1 Å². The van der Waals surface area contributed by atoms with E-state index in [1.807, 2.05) is 0 Å². The topological polar surface area (TPSA) is 91.8 Å². The SMILES string of the molecule is CCCCOCCCNC(=NC)NCCNS(=O)(=O)c1cccc(Cl)c1.I. The van der Waals surface area contributed by atoms with Gasteiger partial charge in [0.25, 0.3) is 0 Å². The van der Waals surface area contributed by atoms with E-state index in [1.54, 1.807) is 19.2 Å². The van der Waals surface area contributed by atoms with Gasteiger partial charge in [0.2, 0.25) is 10.0 Å². The lowest BCUT2D eigenvalue weighted by atomic mass is 10.4. The zero-order valence-corrected chi connectivity index (χ0v) is 19.7. The Morgan fingerprint density at radius 2 is 1.85 bits per heavy atom. The number of guanidine groups is 1. The maximum absolute atomic E-state index is 12.2. The summed E-state index contributed by atoms with van der Waals surface area (Å²) in [7, 11) is -1.90. The van der Waals surface area contributed by atoms with E-state index in [2.05, 4.69) is 27.3 Å². The average molecular weight is 533 g/mol. The molecule has 7 nitrogen and oxygen atoms in total. The fourth-order valence-corrected chi connectivity index (χ4v) is 3.37. The van der Waals surface area contributed by atoms with Crippen molar-refractivity contribution >= 4 is 51.6 Å². The fraction of sp³-hybridized carbons (Fsp3) is 0.588. The molecule has 0 amide bonds. The Labute approximate surface area is 184 Å². The van der Waals surface area contributed by atoms with E-state index in [0.29, 0.717) is 24.1 Å². The summed E-state index contributed by atoms with van der Waals surface area (Å²) in [5, 5.41) is 6.61. The minimum Gasteiger partial charge on any atom is -0.381 e. The second-order valence-electron chi connectivity index (χ2n) is 5.60. The van der Waals surface area contributed by atoms with Crippen LogP contribution in [0.1, 0.15) is 26.2 Å². The predicted molar refractivity (Wildman–Crippen MR) is 122 cm³/mol. The summed E-state index contributed by atoms with van der Waals surface area (Å²) in [5.41, 5.74) is 0. The zero-order valence-electron chi connectivity index (χ0n) is 15.8. The fourth-order valence-electron chi connectivity index (χ4n) is 2.03. The van der Waals surface area contributed by atoms with Crippen molar-refractivity contribution < 1.29 is 13.2 Å². The molecule has 0 bridgehead atoms. The van der Waals surface area contributed by atoms with E-state index >= 15 is 0 Å². The Morgan fingerprint density at radius 1 is 1.15 bits per heavy atom. The standard InChI is InChI=1S/C17H29ClN4O3S.HI/c1-3-4-12-25-13-6-9-20-17(19-2)21-10-11-22-26(23,24)16-8-5-7-15(18)14-16;/h5,7-8,14,22H,3-4,6,9-13H2,1-2H3,(H2,19,20,21);1H. The largest absolute Gasteiger partial charge is 0.381 e. The molecule has 0 aliphatic heterocycles. The molecule has 0 fully saturated rings. The highest BCUT2D eigenvalue weighted by Gasteiger charge is 2.13. The van der Waals surface area contributed by atoms with Gasteiger partial charge in [-0.1, -0.05) is 31.0 Å². The lowest BCUT2D eigenvalue weighted by molar-refractivity contribution is 0.129. The first-order valence-electron chi connectivity index (χ1n) is 8.77. The van der Waals surface area contributed by atoms with Gasteiger partial charge >= 0.3 is 0 Å². The van der Waals surface area contributed by atoms with Crippen LogP contribution in [0.2, 0.25) is 5.02 Å². The van der Waals surface area contributed by atoms with Crippen LogP contribution in [0.3, 0.4) is 0 Å². The molecule has 0 saturated carbocycles. The molecule has 27 heavy (non-hydrogen) atoms. The summed E-state index contributed by atoms with van der Waals surface area (Å²) in [5.74, 6) is 0.625. The van der Waals surface area contributed by atoms with E-state index in [4.69, 9.17) is 16.3 Å². The summed E-state index contributed by atoms with van der Waals surface area (Å²) < 4.78 is 32.3. The third-order valence-electron chi connectivity index (χ3n) is 3.44. The van der Waals surface area contributed by atoms with Crippen LogP contribution >= 0.6 is 35.6 Å². The molecule has 0 aromatic heterocycles. The van der Waals surface area contributed by atoms with E-state index in [-0.39, 0.29) is 35.4 Å². The molecule has 1 rings (SSSR count). The molecule has 156 valence electrons. The summed E-state index contributed by atoms with van der Waals surface area (Å²) >= 11 is 5.83. The summed E-state index contributed by atoms with van der Waals surface area (Å²) in [6.07, 6.45) is 3.10. The van der Waals surface area contributed by atoms with Gasteiger partial charge in [-0.15, -0.1) is 24.0 Å². The van der Waals surface area contributed by atoms with Crippen LogP contribution in [0.15, 0.2) is 34.2 Å². The number of benzene rings is 1. The summed E-state index contributed by atoms with van der Waals surface area (Å²) in [4.78, 5) is 4.25. The molecule has 0 heterocycles. The minimum absolute atomic E-state index is 0. The zero-order chi connectivity index (χ0) is 19.3. The van der Waals surface area contributed by atoms with Crippen molar-refractivity contribution in [3.63, 3.8) is 0 Å². The quantitative estimate of drug-likeness (QED) is 0.167. The van der Waals surface area contributed by atoms with Crippen LogP contribution < -0.4 is 15.4 Å². The van der Waals surface area contributed by atoms with Crippen molar-refractivity contribution in [1.82, 2.24) is 15.4 Å². The summed E-state index contributed by atoms with van der Waals surface area (Å²) in [6, 6.07) is 6.16. The van der Waals surface area contributed by atoms with Gasteiger partial charge in [-0.3, -0.25) is 4.99 Å². The molecule has 1 aromatic carbocycles. The first-order chi connectivity index (χ1) is 12.5. The number of hydrogen-bond acceptors (Lipinski definition) is 4. The Hall–Kier alpha value is -0.620. The predicted octanol–water partition coefficient (Wildman–Crippen LogP) is 2.61. The molecule has 1 aromatic rings. The van der Waals surface area contributed by atoms with E-state index in [0.717, 1.165) is 32.4 Å². The molecule has 3 N–H and O–H groups in total. The van der Waals surface area contributed by atoms with Crippen LogP contribution in [-0.2, 0) is 14.8 Å². The maximum Gasteiger partial charge on any atom is 0.240 e. The Kier molecular flexibility index (Phi) is 15.0. The number of nitrogens with zero attached hydrogens (tertiary/aromatic N) is 1. The normalized spacial score (nSPS) is 11.7. The number of aliphatic imine (C=N–C) groups is 1. The minimum atomic E-state index is -3.57. The number of halogens is 2. The van der Waals surface area contributed by atoms with Gasteiger partial charge in [-0.25, -0.2) is 13.1 Å². The third kappa shape index (κ3) is 11.7. The molecule has 0 atom stereocenters. The number of sulfonamides is 1. The second-order valence-corrected chi connectivity index (χ2v) is 7.80. The number of ether oxygens (including phenoxy) is 1. The van der Waals surface area contributed by atoms with Crippen LogP contribution in [0.5, 0.6) is 0 Å². The Bertz CT molecular complexity index is 659. The number of rotatable bonds is 12. The molecule has 0 aliphatic carbocycles.